The molecule has 0 aromatic heterocycles. The van der Waals surface area contributed by atoms with Gasteiger partial charge in [-0.15, -0.1) is 0 Å². The van der Waals surface area contributed by atoms with Crippen molar-refractivity contribution in [2.45, 2.75) is 88.5 Å². The van der Waals surface area contributed by atoms with Crippen LogP contribution in [0.25, 0.3) is 0 Å². The van der Waals surface area contributed by atoms with E-state index < -0.39 is 45.9 Å². The van der Waals surface area contributed by atoms with E-state index >= 15 is 0 Å². The predicted octanol–water partition coefficient (Wildman–Crippen LogP) is 6.88. The van der Waals surface area contributed by atoms with Gasteiger partial charge in [0.1, 0.15) is 5.82 Å². The van der Waals surface area contributed by atoms with Crippen molar-refractivity contribution in [3.63, 3.8) is 0 Å². The maximum atomic E-state index is 14.9. The molecule has 1 amide bonds. The molecule has 5 rings (SSSR count). The molecule has 2 aromatic carbocycles. The minimum atomic E-state index is -5.07. The van der Waals surface area contributed by atoms with E-state index in [0.717, 1.165) is 11.1 Å². The number of nitrogens with zero attached hydrogens (tertiary/aromatic N) is 1. The zero-order chi connectivity index (χ0) is 29.1. The van der Waals surface area contributed by atoms with Crippen LogP contribution < -0.4 is 0 Å². The summed E-state index contributed by atoms with van der Waals surface area (Å²) in [6, 6.07) is 10.0. The van der Waals surface area contributed by atoms with Crippen LogP contribution in [0.1, 0.15) is 74.6 Å². The molecule has 0 spiro atoms. The van der Waals surface area contributed by atoms with Gasteiger partial charge in [0.25, 0.3) is 0 Å². The summed E-state index contributed by atoms with van der Waals surface area (Å²) >= 11 is 0. The Morgan fingerprint density at radius 1 is 1.02 bits per heavy atom. The molecule has 2 fully saturated rings. The topological polar surface area (TPSA) is 57.6 Å². The first-order chi connectivity index (χ1) is 18.7. The number of likely N-dealkylation sites (tertiary alicyclic amines) is 1. The van der Waals surface area contributed by atoms with Crippen molar-refractivity contribution >= 4 is 11.9 Å². The number of carbonyl (C=O) groups excluding carboxylic acids is 1. The van der Waals surface area contributed by atoms with Gasteiger partial charge in [0, 0.05) is 23.4 Å². The Morgan fingerprint density at radius 3 is 2.35 bits per heavy atom. The minimum Gasteiger partial charge on any atom is -0.481 e. The van der Waals surface area contributed by atoms with E-state index in [1.165, 1.54) is 24.3 Å². The second-order valence-electron chi connectivity index (χ2n) is 12.3. The molecule has 1 N–H and O–H groups in total. The summed E-state index contributed by atoms with van der Waals surface area (Å²) in [7, 11) is 0. The molecule has 2 aromatic rings. The molecule has 1 heterocycles. The number of carbonyl (C=O) groups is 2. The second-order valence-corrected chi connectivity index (χ2v) is 12.3. The van der Waals surface area contributed by atoms with Gasteiger partial charge in [0.05, 0.1) is 5.92 Å². The lowest BCUT2D eigenvalue weighted by atomic mass is 9.63. The van der Waals surface area contributed by atoms with Crippen LogP contribution in [0.4, 0.5) is 22.0 Å². The first-order valence-electron chi connectivity index (χ1n) is 13.9. The van der Waals surface area contributed by atoms with Crippen molar-refractivity contribution in [1.29, 1.82) is 0 Å². The van der Waals surface area contributed by atoms with E-state index in [1.807, 2.05) is 11.8 Å². The molecule has 9 heteroatoms. The summed E-state index contributed by atoms with van der Waals surface area (Å²) in [6.45, 7) is 2.85. The van der Waals surface area contributed by atoms with Gasteiger partial charge >= 0.3 is 12.1 Å². The summed E-state index contributed by atoms with van der Waals surface area (Å²) in [5.74, 6) is -1.73. The van der Waals surface area contributed by atoms with Crippen molar-refractivity contribution in [2.24, 2.45) is 11.3 Å². The summed E-state index contributed by atoms with van der Waals surface area (Å²) in [6.07, 6.45) is -1.49. The first kappa shape index (κ1) is 28.6. The van der Waals surface area contributed by atoms with Crippen LogP contribution in [-0.2, 0) is 33.5 Å². The number of halogens is 5. The predicted molar refractivity (Wildman–Crippen MR) is 139 cm³/mol. The Balaban J connectivity index is 1.52. The number of aliphatic carboxylic acids is 1. The van der Waals surface area contributed by atoms with E-state index in [9.17, 15) is 36.6 Å². The van der Waals surface area contributed by atoms with Gasteiger partial charge in [-0.2, -0.15) is 13.2 Å². The van der Waals surface area contributed by atoms with Gasteiger partial charge in [-0.1, -0.05) is 37.3 Å². The third-order valence-electron chi connectivity index (χ3n) is 9.84. The molecule has 3 aliphatic rings. The third kappa shape index (κ3) is 4.69. The lowest BCUT2D eigenvalue weighted by molar-refractivity contribution is -0.228. The quantitative estimate of drug-likeness (QED) is 0.404. The number of hydrogen-bond donors (Lipinski definition) is 1. The van der Waals surface area contributed by atoms with Crippen molar-refractivity contribution < 1.29 is 36.6 Å². The first-order valence-corrected chi connectivity index (χ1v) is 13.9. The molecule has 2 aliphatic carbocycles. The monoisotopic (exact) mass is 563 g/mol. The third-order valence-corrected chi connectivity index (χ3v) is 9.84. The van der Waals surface area contributed by atoms with E-state index in [-0.39, 0.29) is 11.9 Å². The molecule has 216 valence electrons. The van der Waals surface area contributed by atoms with Gasteiger partial charge in [0.15, 0.2) is 0 Å². The zero-order valence-electron chi connectivity index (χ0n) is 22.7. The van der Waals surface area contributed by atoms with Crippen LogP contribution in [0, 0.1) is 17.2 Å². The standard InChI is InChI=1S/C31H34F5NO3/c1-28(12-10-20(11-13-28)26(38)39)27(40)37-15-14-30(18-19-4-3-5-23(32)16-19)24-8-7-22(29(2,33)31(34,35)36)17-21(24)6-9-25(30)37/h3-5,7-8,16-17,20,25H,6,9-15,18H2,1-2H3,(H,38,39). The van der Waals surface area contributed by atoms with E-state index in [0.29, 0.717) is 70.4 Å². The van der Waals surface area contributed by atoms with Gasteiger partial charge < -0.3 is 10.0 Å². The number of alkyl halides is 4. The number of carboxylic acids is 1. The number of rotatable bonds is 5. The van der Waals surface area contributed by atoms with Crippen molar-refractivity contribution in [3.05, 3.63) is 70.5 Å². The minimum absolute atomic E-state index is 0.0315. The summed E-state index contributed by atoms with van der Waals surface area (Å²) in [4.78, 5) is 27.4. The average Bonchev–Trinajstić information content (AvgIpc) is 3.26. The number of carboxylic acid groups (broad SMARTS) is 1. The maximum absolute atomic E-state index is 14.9. The molecule has 40 heavy (non-hydrogen) atoms. The fourth-order valence-electron chi connectivity index (χ4n) is 7.34. The zero-order valence-corrected chi connectivity index (χ0v) is 22.7. The Kier molecular flexibility index (Phi) is 7.02. The number of amides is 1. The summed E-state index contributed by atoms with van der Waals surface area (Å²) in [5.41, 5.74) is -3.20. The molecule has 4 nitrogen and oxygen atoms in total. The van der Waals surface area contributed by atoms with Crippen LogP contribution in [0.15, 0.2) is 42.5 Å². The maximum Gasteiger partial charge on any atom is 0.426 e. The highest BCUT2D eigenvalue weighted by atomic mass is 19.4. The lowest BCUT2D eigenvalue weighted by Crippen LogP contribution is -2.53. The fraction of sp³-hybridized carbons (Fsp3) is 0.548. The van der Waals surface area contributed by atoms with Gasteiger partial charge in [-0.25, -0.2) is 8.78 Å². The number of hydrogen-bond acceptors (Lipinski definition) is 2. The Morgan fingerprint density at radius 2 is 1.73 bits per heavy atom. The molecular formula is C31H34F5NO3. The van der Waals surface area contributed by atoms with Crippen LogP contribution in [0.2, 0.25) is 0 Å². The number of fused-ring (bicyclic) bond motifs is 3. The largest absolute Gasteiger partial charge is 0.481 e. The van der Waals surface area contributed by atoms with E-state index in [2.05, 4.69) is 0 Å². The SMILES string of the molecule is CC1(C(=O)N2CCC3(Cc4cccc(F)c4)c4ccc(C(C)(F)C(F)(F)F)cc4CCC23)CCC(C(=O)O)CC1. The van der Waals surface area contributed by atoms with Gasteiger partial charge in [-0.05, 0) is 92.7 Å². The summed E-state index contributed by atoms with van der Waals surface area (Å²) in [5, 5.41) is 9.41. The highest BCUT2D eigenvalue weighted by molar-refractivity contribution is 5.84. The Labute approximate surface area is 230 Å². The molecular weight excluding hydrogens is 529 g/mol. The van der Waals surface area contributed by atoms with Gasteiger partial charge in [-0.3, -0.25) is 9.59 Å². The molecule has 0 bridgehead atoms. The van der Waals surface area contributed by atoms with E-state index in [1.54, 1.807) is 18.2 Å². The lowest BCUT2D eigenvalue weighted by Gasteiger charge is -2.46. The molecule has 1 saturated carbocycles. The molecule has 3 unspecified atom stereocenters. The van der Waals surface area contributed by atoms with E-state index in [4.69, 9.17) is 0 Å². The molecule has 3 atom stereocenters. The molecule has 1 saturated heterocycles. The molecule has 1 aliphatic heterocycles. The number of aryl methyl sites for hydroxylation is 1. The average molecular weight is 564 g/mol. The second kappa shape index (κ2) is 9.84. The highest BCUT2D eigenvalue weighted by Crippen LogP contribution is 2.52. The normalized spacial score (nSPS) is 29.8. The van der Waals surface area contributed by atoms with Crippen LogP contribution in [0.5, 0.6) is 0 Å². The smallest absolute Gasteiger partial charge is 0.426 e. The van der Waals surface area contributed by atoms with Gasteiger partial charge in [0.2, 0.25) is 11.6 Å². The fourth-order valence-corrected chi connectivity index (χ4v) is 7.34. The van der Waals surface area contributed by atoms with Crippen molar-refractivity contribution in [3.8, 4) is 0 Å². The van der Waals surface area contributed by atoms with Crippen molar-refractivity contribution in [2.75, 3.05) is 6.54 Å². The summed E-state index contributed by atoms with van der Waals surface area (Å²) < 4.78 is 69.6. The number of benzene rings is 2. The van der Waals surface area contributed by atoms with Crippen molar-refractivity contribution in [1.82, 2.24) is 4.90 Å². The van der Waals surface area contributed by atoms with Crippen LogP contribution in [-0.4, -0.2) is 40.6 Å². The van der Waals surface area contributed by atoms with Crippen LogP contribution >= 0.6 is 0 Å². The Hall–Kier alpha value is -2.97. The highest BCUT2D eigenvalue weighted by Gasteiger charge is 2.57. The molecule has 0 radical (unpaired) electrons. The van der Waals surface area contributed by atoms with Crippen LogP contribution in [0.3, 0.4) is 0 Å². The Bertz CT molecular complexity index is 1310.